The molecule has 3 N–H and O–H groups in total. The van der Waals surface area contributed by atoms with Crippen LogP contribution in [0.5, 0.6) is 0 Å². The van der Waals surface area contributed by atoms with Crippen LogP contribution in [0, 0.1) is 11.8 Å². The van der Waals surface area contributed by atoms with Crippen molar-refractivity contribution >= 4 is 50.4 Å². The monoisotopic (exact) mass is 612 g/mol. The minimum atomic E-state index is -4.28. The Balaban J connectivity index is 1.39. The molecular weight excluding hydrogens is 580 g/mol. The van der Waals surface area contributed by atoms with Gasteiger partial charge in [-0.1, -0.05) is 41.9 Å². The van der Waals surface area contributed by atoms with Gasteiger partial charge in [0, 0.05) is 41.5 Å². The number of nitrogens with zero attached hydrogens (tertiary/aromatic N) is 1. The summed E-state index contributed by atoms with van der Waals surface area (Å²) in [4.78, 5) is 44.6. The summed E-state index contributed by atoms with van der Waals surface area (Å²) in [5.74, 6) is -2.96. The van der Waals surface area contributed by atoms with E-state index in [2.05, 4.69) is 21.6 Å². The highest BCUT2D eigenvalue weighted by Gasteiger charge is 2.61. The Kier molecular flexibility index (Phi) is 7.61. The second-order valence-corrected chi connectivity index (χ2v) is 13.9. The lowest BCUT2D eigenvalue weighted by Crippen LogP contribution is -2.53. The highest BCUT2D eigenvalue weighted by Crippen LogP contribution is 2.46. The van der Waals surface area contributed by atoms with E-state index in [9.17, 15) is 22.8 Å². The van der Waals surface area contributed by atoms with E-state index in [1.54, 1.807) is 69.4 Å². The molecule has 42 heavy (non-hydrogen) atoms. The average Bonchev–Trinajstić information content (AvgIpc) is 3.24. The van der Waals surface area contributed by atoms with E-state index in [0.29, 0.717) is 15.9 Å². The van der Waals surface area contributed by atoms with Crippen molar-refractivity contribution in [1.29, 1.82) is 0 Å². The Hall–Kier alpha value is -3.83. The molecular formula is C30H33ClN4O6S. The van der Waals surface area contributed by atoms with Crippen LogP contribution in [0.3, 0.4) is 0 Å². The number of amides is 3. The maximum absolute atomic E-state index is 13.9. The van der Waals surface area contributed by atoms with E-state index in [0.717, 1.165) is 5.56 Å². The zero-order chi connectivity index (χ0) is 30.4. The first-order valence-corrected chi connectivity index (χ1v) is 15.4. The second kappa shape index (κ2) is 10.8. The fourth-order valence-corrected chi connectivity index (χ4v) is 6.85. The number of para-hydroxylation sites is 1. The third kappa shape index (κ3) is 5.76. The minimum Gasteiger partial charge on any atom is -0.444 e. The van der Waals surface area contributed by atoms with Gasteiger partial charge in [-0.05, 0) is 57.0 Å². The summed E-state index contributed by atoms with van der Waals surface area (Å²) in [6.45, 7) is 9.32. The first-order valence-electron chi connectivity index (χ1n) is 13.6. The molecule has 1 aromatic heterocycles. The van der Waals surface area contributed by atoms with E-state index in [-0.39, 0.29) is 24.4 Å². The van der Waals surface area contributed by atoms with Crippen LogP contribution < -0.4 is 10.0 Å². The third-order valence-corrected chi connectivity index (χ3v) is 9.35. The summed E-state index contributed by atoms with van der Waals surface area (Å²) in [5, 5.41) is 4.04. The molecule has 0 bridgehead atoms. The number of benzene rings is 2. The van der Waals surface area contributed by atoms with Crippen molar-refractivity contribution in [2.45, 2.75) is 49.1 Å². The van der Waals surface area contributed by atoms with Gasteiger partial charge in [0.15, 0.2) is 0 Å². The number of H-pyrrole nitrogens is 1. The fraction of sp³-hybridized carbons (Fsp3) is 0.367. The lowest BCUT2D eigenvalue weighted by atomic mass is 9.88. The minimum absolute atomic E-state index is 0.0532. The van der Waals surface area contributed by atoms with Crippen LogP contribution in [-0.2, 0) is 24.3 Å². The number of carbonyl (C=O) groups is 3. The summed E-state index contributed by atoms with van der Waals surface area (Å²) in [7, 11) is -4.28. The average molecular weight is 613 g/mol. The fourth-order valence-electron chi connectivity index (χ4n) is 5.49. The molecule has 2 aromatic carbocycles. The van der Waals surface area contributed by atoms with Crippen LogP contribution in [0.2, 0.25) is 5.02 Å². The lowest BCUT2D eigenvalue weighted by Gasteiger charge is -2.24. The van der Waals surface area contributed by atoms with Crippen molar-refractivity contribution in [1.82, 2.24) is 19.9 Å². The molecule has 4 atom stereocenters. The normalized spacial score (nSPS) is 23.8. The number of aromatic amines is 1. The number of hydrogen-bond donors (Lipinski definition) is 3. The molecule has 10 nitrogen and oxygen atoms in total. The maximum Gasteiger partial charge on any atom is 0.410 e. The molecule has 0 radical (unpaired) electrons. The molecule has 1 unspecified atom stereocenters. The third-order valence-electron chi connectivity index (χ3n) is 7.72. The standard InChI is InChI=1S/C30H33ClN4O6S/c1-5-20-15-30(20,27(37)34-42(39,40)24-8-6-7-19-13-14-32-25(19)24)33-26(36)23-17-35(28(38)41-29(2,3)4)16-22(23)18-9-11-21(31)12-10-18/h5-14,20,22-23,32H,1,15-17H2,2-4H3,(H,33,36)(H,34,37)/t20-,22?,23+,30-/m1/s1. The van der Waals surface area contributed by atoms with Crippen LogP contribution in [0.15, 0.2) is 72.3 Å². The highest BCUT2D eigenvalue weighted by atomic mass is 35.5. The Morgan fingerprint density at radius 3 is 2.48 bits per heavy atom. The van der Waals surface area contributed by atoms with Gasteiger partial charge in [0.2, 0.25) is 5.91 Å². The zero-order valence-electron chi connectivity index (χ0n) is 23.5. The van der Waals surface area contributed by atoms with Crippen LogP contribution in [0.4, 0.5) is 4.79 Å². The zero-order valence-corrected chi connectivity index (χ0v) is 25.1. The van der Waals surface area contributed by atoms with Crippen molar-refractivity contribution in [3.63, 3.8) is 0 Å². The number of aromatic nitrogens is 1. The van der Waals surface area contributed by atoms with Crippen molar-refractivity contribution in [2.75, 3.05) is 13.1 Å². The SMILES string of the molecule is C=C[C@@H]1C[C@]1(NC(=O)[C@H]1CN(C(=O)OC(C)(C)C)CC1c1ccc(Cl)cc1)C(=O)NS(=O)(=O)c1cccc2cc[nH]c12. The Morgan fingerprint density at radius 2 is 1.83 bits per heavy atom. The molecule has 2 fully saturated rings. The topological polar surface area (TPSA) is 138 Å². The van der Waals surface area contributed by atoms with Gasteiger partial charge in [-0.15, -0.1) is 6.58 Å². The quantitative estimate of drug-likeness (QED) is 0.340. The van der Waals surface area contributed by atoms with E-state index < -0.39 is 56.8 Å². The largest absolute Gasteiger partial charge is 0.444 e. The summed E-state index contributed by atoms with van der Waals surface area (Å²) in [5.41, 5.74) is -1.07. The highest BCUT2D eigenvalue weighted by molar-refractivity contribution is 7.90. The van der Waals surface area contributed by atoms with Crippen LogP contribution in [-0.4, -0.2) is 60.4 Å². The molecule has 2 aliphatic rings. The molecule has 2 heterocycles. The van der Waals surface area contributed by atoms with Gasteiger partial charge < -0.3 is 19.9 Å². The van der Waals surface area contributed by atoms with Gasteiger partial charge in [-0.3, -0.25) is 9.59 Å². The Labute approximate surface area is 249 Å². The second-order valence-electron chi connectivity index (χ2n) is 11.8. The first-order chi connectivity index (χ1) is 19.7. The van der Waals surface area contributed by atoms with Gasteiger partial charge in [0.25, 0.3) is 15.9 Å². The van der Waals surface area contributed by atoms with Gasteiger partial charge in [-0.25, -0.2) is 17.9 Å². The van der Waals surface area contributed by atoms with E-state index in [1.807, 2.05) is 0 Å². The molecule has 5 rings (SSSR count). The molecule has 1 aliphatic carbocycles. The van der Waals surface area contributed by atoms with Crippen molar-refractivity contribution < 1.29 is 27.5 Å². The first kappa shape index (κ1) is 29.7. The molecule has 1 saturated carbocycles. The number of halogens is 1. The van der Waals surface area contributed by atoms with Gasteiger partial charge in [0.05, 0.1) is 11.4 Å². The maximum atomic E-state index is 13.9. The van der Waals surface area contributed by atoms with Crippen molar-refractivity contribution in [2.24, 2.45) is 11.8 Å². The predicted octanol–water partition coefficient (Wildman–Crippen LogP) is 4.34. The lowest BCUT2D eigenvalue weighted by molar-refractivity contribution is -0.131. The molecule has 12 heteroatoms. The van der Waals surface area contributed by atoms with Crippen molar-refractivity contribution in [3.05, 3.63) is 78.0 Å². The number of hydrogen-bond acceptors (Lipinski definition) is 6. The Morgan fingerprint density at radius 1 is 1.12 bits per heavy atom. The van der Waals surface area contributed by atoms with E-state index >= 15 is 0 Å². The number of ether oxygens (including phenoxy) is 1. The molecule has 3 amide bonds. The summed E-state index contributed by atoms with van der Waals surface area (Å²) >= 11 is 6.09. The van der Waals surface area contributed by atoms with Gasteiger partial charge in [-0.2, -0.15) is 0 Å². The summed E-state index contributed by atoms with van der Waals surface area (Å²) in [6.07, 6.45) is 2.77. The molecule has 1 aliphatic heterocycles. The number of fused-ring (bicyclic) bond motifs is 1. The molecule has 222 valence electrons. The summed E-state index contributed by atoms with van der Waals surface area (Å²) < 4.78 is 34.3. The number of nitrogens with one attached hydrogen (secondary N) is 3. The Bertz CT molecular complexity index is 1660. The van der Waals surface area contributed by atoms with Crippen LogP contribution >= 0.6 is 11.6 Å². The van der Waals surface area contributed by atoms with E-state index in [1.165, 1.54) is 17.0 Å². The number of sulfonamides is 1. The molecule has 0 spiro atoms. The number of likely N-dealkylation sites (tertiary alicyclic amines) is 1. The van der Waals surface area contributed by atoms with Crippen LogP contribution in [0.1, 0.15) is 38.7 Å². The predicted molar refractivity (Wildman–Crippen MR) is 158 cm³/mol. The number of carbonyl (C=O) groups excluding carboxylic acids is 3. The number of rotatable bonds is 7. The van der Waals surface area contributed by atoms with Gasteiger partial charge >= 0.3 is 6.09 Å². The van der Waals surface area contributed by atoms with Crippen molar-refractivity contribution in [3.8, 4) is 0 Å². The van der Waals surface area contributed by atoms with Crippen LogP contribution in [0.25, 0.3) is 10.9 Å². The summed E-state index contributed by atoms with van der Waals surface area (Å²) in [6, 6.07) is 13.5. The van der Waals surface area contributed by atoms with Gasteiger partial charge in [0.1, 0.15) is 16.0 Å². The molecule has 3 aromatic rings. The van der Waals surface area contributed by atoms with E-state index in [4.69, 9.17) is 16.3 Å². The molecule has 1 saturated heterocycles. The smallest absolute Gasteiger partial charge is 0.410 e.